The van der Waals surface area contributed by atoms with Crippen LogP contribution < -0.4 is 0 Å². The van der Waals surface area contributed by atoms with E-state index < -0.39 is 11.4 Å². The number of likely N-dealkylation sites (N-methyl/N-ethyl adjacent to an activating group) is 1. The molecule has 0 amide bonds. The number of carbonyl (C=O) groups is 2. The van der Waals surface area contributed by atoms with Crippen molar-refractivity contribution < 1.29 is 19.4 Å². The summed E-state index contributed by atoms with van der Waals surface area (Å²) in [6, 6.07) is 0. The van der Waals surface area contributed by atoms with Crippen molar-refractivity contribution in [2.45, 2.75) is 13.8 Å². The number of nitrogens with zero attached hydrogens (tertiary/aromatic N) is 1. The molecule has 0 aromatic heterocycles. The molecule has 0 radical (unpaired) electrons. The van der Waals surface area contributed by atoms with Crippen LogP contribution in [-0.2, 0) is 14.3 Å². The maximum absolute atomic E-state index is 10.9. The van der Waals surface area contributed by atoms with E-state index in [0.29, 0.717) is 6.54 Å². The number of carboxylic acids is 1. The molecular formula is C9H17NO4. The average Bonchev–Trinajstić information content (AvgIpc) is 2.02. The lowest BCUT2D eigenvalue weighted by Gasteiger charge is -2.25. The van der Waals surface area contributed by atoms with E-state index in [1.807, 2.05) is 0 Å². The molecule has 5 heteroatoms. The zero-order chi connectivity index (χ0) is 11.4. The lowest BCUT2D eigenvalue weighted by Crippen LogP contribution is -2.39. The van der Waals surface area contributed by atoms with Gasteiger partial charge < -0.3 is 9.84 Å². The highest BCUT2D eigenvalue weighted by molar-refractivity contribution is 5.74. The van der Waals surface area contributed by atoms with Crippen LogP contribution in [-0.4, -0.2) is 49.2 Å². The minimum Gasteiger partial charge on any atom is -0.481 e. The van der Waals surface area contributed by atoms with Crippen molar-refractivity contribution in [1.29, 1.82) is 0 Å². The highest BCUT2D eigenvalue weighted by Gasteiger charge is 2.29. The van der Waals surface area contributed by atoms with Crippen molar-refractivity contribution >= 4 is 11.9 Å². The van der Waals surface area contributed by atoms with Gasteiger partial charge in [-0.25, -0.2) is 0 Å². The Hall–Kier alpha value is -1.10. The summed E-state index contributed by atoms with van der Waals surface area (Å²) in [6.07, 6.45) is 0. The fourth-order valence-corrected chi connectivity index (χ4v) is 1.08. The summed E-state index contributed by atoms with van der Waals surface area (Å²) in [4.78, 5) is 23.3. The average molecular weight is 203 g/mol. The third-order valence-corrected chi connectivity index (χ3v) is 1.87. The minimum absolute atomic E-state index is 0.104. The predicted molar refractivity (Wildman–Crippen MR) is 50.9 cm³/mol. The monoisotopic (exact) mass is 203 g/mol. The fraction of sp³-hybridized carbons (Fsp3) is 0.778. The lowest BCUT2D eigenvalue weighted by atomic mass is 9.93. The number of methoxy groups -OCH3 is 1. The Morgan fingerprint density at radius 3 is 2.29 bits per heavy atom. The zero-order valence-corrected chi connectivity index (χ0v) is 9.03. The molecule has 0 aliphatic carbocycles. The van der Waals surface area contributed by atoms with Crippen molar-refractivity contribution in [2.75, 3.05) is 27.2 Å². The van der Waals surface area contributed by atoms with E-state index in [2.05, 4.69) is 4.74 Å². The molecule has 0 unspecified atom stereocenters. The van der Waals surface area contributed by atoms with Crippen LogP contribution in [0.1, 0.15) is 13.8 Å². The van der Waals surface area contributed by atoms with Crippen LogP contribution in [0.5, 0.6) is 0 Å². The molecule has 0 atom stereocenters. The molecule has 0 aromatic carbocycles. The van der Waals surface area contributed by atoms with E-state index in [0.717, 1.165) is 0 Å². The van der Waals surface area contributed by atoms with Crippen LogP contribution in [0.4, 0.5) is 0 Å². The highest BCUT2D eigenvalue weighted by atomic mass is 16.5. The molecule has 0 saturated carbocycles. The Bertz CT molecular complexity index is 225. The molecule has 0 fully saturated rings. The van der Waals surface area contributed by atoms with Crippen molar-refractivity contribution in [3.63, 3.8) is 0 Å². The first-order chi connectivity index (χ1) is 6.29. The molecule has 0 aromatic rings. The SMILES string of the molecule is COC(=O)CN(C)CC(C)(C)C(=O)O. The van der Waals surface area contributed by atoms with Gasteiger partial charge in [-0.15, -0.1) is 0 Å². The Balaban J connectivity index is 4.12. The third kappa shape index (κ3) is 4.23. The molecule has 5 nitrogen and oxygen atoms in total. The number of aliphatic carboxylic acids is 1. The number of esters is 1. The van der Waals surface area contributed by atoms with Crippen LogP contribution >= 0.6 is 0 Å². The van der Waals surface area contributed by atoms with E-state index >= 15 is 0 Å². The van der Waals surface area contributed by atoms with Gasteiger partial charge in [0.15, 0.2) is 0 Å². The van der Waals surface area contributed by atoms with Gasteiger partial charge in [0.2, 0.25) is 0 Å². The molecule has 0 bridgehead atoms. The second-order valence-corrected chi connectivity index (χ2v) is 3.94. The molecule has 0 aliphatic rings. The smallest absolute Gasteiger partial charge is 0.319 e. The first kappa shape index (κ1) is 12.9. The maximum atomic E-state index is 10.9. The quantitative estimate of drug-likeness (QED) is 0.647. The number of carbonyl (C=O) groups excluding carboxylic acids is 1. The molecule has 0 heterocycles. The molecule has 0 aliphatic heterocycles. The topological polar surface area (TPSA) is 66.8 Å². The fourth-order valence-electron chi connectivity index (χ4n) is 1.08. The van der Waals surface area contributed by atoms with Crippen molar-refractivity contribution in [2.24, 2.45) is 5.41 Å². The Morgan fingerprint density at radius 1 is 1.43 bits per heavy atom. The molecule has 0 rings (SSSR count). The minimum atomic E-state index is -0.880. The molecule has 1 N–H and O–H groups in total. The second kappa shape index (κ2) is 4.95. The van der Waals surface area contributed by atoms with Gasteiger partial charge in [0, 0.05) is 6.54 Å². The number of hydrogen-bond acceptors (Lipinski definition) is 4. The summed E-state index contributed by atoms with van der Waals surface area (Å²) < 4.78 is 4.47. The van der Waals surface area contributed by atoms with Gasteiger partial charge in [-0.1, -0.05) is 0 Å². The van der Waals surface area contributed by atoms with Crippen LogP contribution in [0.2, 0.25) is 0 Å². The van der Waals surface area contributed by atoms with Crippen LogP contribution in [0.25, 0.3) is 0 Å². The molecule has 0 spiro atoms. The highest BCUT2D eigenvalue weighted by Crippen LogP contribution is 2.16. The van der Waals surface area contributed by atoms with Crippen LogP contribution in [0.3, 0.4) is 0 Å². The van der Waals surface area contributed by atoms with E-state index in [1.165, 1.54) is 7.11 Å². The first-order valence-electron chi connectivity index (χ1n) is 4.28. The van der Waals surface area contributed by atoms with Gasteiger partial charge in [-0.2, -0.15) is 0 Å². The Kier molecular flexibility index (Phi) is 4.56. The van der Waals surface area contributed by atoms with Crippen molar-refractivity contribution in [1.82, 2.24) is 4.90 Å². The Labute approximate surface area is 83.6 Å². The van der Waals surface area contributed by atoms with Gasteiger partial charge in [0.05, 0.1) is 19.1 Å². The van der Waals surface area contributed by atoms with E-state index in [-0.39, 0.29) is 12.5 Å². The maximum Gasteiger partial charge on any atom is 0.319 e. The first-order valence-corrected chi connectivity index (χ1v) is 4.28. The largest absolute Gasteiger partial charge is 0.481 e. The van der Waals surface area contributed by atoms with E-state index in [9.17, 15) is 9.59 Å². The van der Waals surface area contributed by atoms with E-state index in [1.54, 1.807) is 25.8 Å². The van der Waals surface area contributed by atoms with Crippen molar-refractivity contribution in [3.8, 4) is 0 Å². The van der Waals surface area contributed by atoms with Gasteiger partial charge >= 0.3 is 11.9 Å². The summed E-state index contributed by atoms with van der Waals surface area (Å²) in [5, 5.41) is 8.84. The zero-order valence-electron chi connectivity index (χ0n) is 9.03. The molecule has 0 saturated heterocycles. The second-order valence-electron chi connectivity index (χ2n) is 3.94. The molecular weight excluding hydrogens is 186 g/mol. The van der Waals surface area contributed by atoms with Crippen LogP contribution in [0.15, 0.2) is 0 Å². The summed E-state index contributed by atoms with van der Waals surface area (Å²) in [5.41, 5.74) is -0.858. The van der Waals surface area contributed by atoms with Gasteiger partial charge in [-0.05, 0) is 20.9 Å². The molecule has 82 valence electrons. The summed E-state index contributed by atoms with van der Waals surface area (Å²) in [7, 11) is 2.99. The molecule has 14 heavy (non-hydrogen) atoms. The number of rotatable bonds is 5. The standard InChI is InChI=1S/C9H17NO4/c1-9(2,8(12)13)6-10(3)5-7(11)14-4/h5-6H2,1-4H3,(H,12,13). The Morgan fingerprint density at radius 2 is 1.93 bits per heavy atom. The summed E-state index contributed by atoms with van der Waals surface area (Å²) >= 11 is 0. The van der Waals surface area contributed by atoms with E-state index in [4.69, 9.17) is 5.11 Å². The number of carboxylic acid groups (broad SMARTS) is 1. The predicted octanol–water partition coefficient (Wildman–Crippen LogP) is 0.202. The number of ether oxygens (including phenoxy) is 1. The third-order valence-electron chi connectivity index (χ3n) is 1.87. The summed E-state index contributed by atoms with van der Waals surface area (Å²) in [6.45, 7) is 3.64. The number of hydrogen-bond donors (Lipinski definition) is 1. The van der Waals surface area contributed by atoms with Gasteiger partial charge in [-0.3, -0.25) is 14.5 Å². The lowest BCUT2D eigenvalue weighted by molar-refractivity contribution is -0.149. The van der Waals surface area contributed by atoms with Crippen molar-refractivity contribution in [3.05, 3.63) is 0 Å². The van der Waals surface area contributed by atoms with Crippen LogP contribution in [0, 0.1) is 5.41 Å². The summed E-state index contributed by atoms with van der Waals surface area (Å²) in [5.74, 6) is -1.25. The van der Waals surface area contributed by atoms with Gasteiger partial charge in [0.1, 0.15) is 0 Å². The normalized spacial score (nSPS) is 11.5. The van der Waals surface area contributed by atoms with Gasteiger partial charge in [0.25, 0.3) is 0 Å².